The summed E-state index contributed by atoms with van der Waals surface area (Å²) in [5.41, 5.74) is 4.27. The zero-order valence-electron chi connectivity index (χ0n) is 13.7. The van der Waals surface area contributed by atoms with Gasteiger partial charge in [0.05, 0.1) is 0 Å². The van der Waals surface area contributed by atoms with Crippen molar-refractivity contribution in [3.63, 3.8) is 0 Å². The summed E-state index contributed by atoms with van der Waals surface area (Å²) in [5, 5.41) is 3.51. The van der Waals surface area contributed by atoms with Crippen molar-refractivity contribution in [1.29, 1.82) is 0 Å². The number of nitrogens with one attached hydrogen (secondary N) is 2. The molecule has 0 aliphatic heterocycles. The molecule has 23 heavy (non-hydrogen) atoms. The highest BCUT2D eigenvalue weighted by atomic mass is 35.5. The molecule has 124 valence electrons. The van der Waals surface area contributed by atoms with Crippen LogP contribution in [0, 0.1) is 20.8 Å². The topological polar surface area (TPSA) is 62.0 Å². The molecule has 0 aliphatic carbocycles. The van der Waals surface area contributed by atoms with Crippen LogP contribution in [0.4, 0.5) is 0 Å². The van der Waals surface area contributed by atoms with Gasteiger partial charge in [0.15, 0.2) is 0 Å². The van der Waals surface area contributed by atoms with E-state index in [0.29, 0.717) is 17.1 Å². The number of aromatic amines is 1. The molecule has 0 radical (unpaired) electrons. The molecular formula is C17H21ClN2O2S. The molecule has 0 spiro atoms. The van der Waals surface area contributed by atoms with Gasteiger partial charge in [-0.25, -0.2) is 0 Å². The molecule has 1 heterocycles. The molecule has 1 aromatic heterocycles. The van der Waals surface area contributed by atoms with Crippen LogP contribution >= 0.6 is 24.2 Å². The largest absolute Gasteiger partial charge is 0.326 e. The smallest absolute Gasteiger partial charge is 0.252 e. The van der Waals surface area contributed by atoms with Gasteiger partial charge in [-0.2, -0.15) is 0 Å². The third-order valence-electron chi connectivity index (χ3n) is 3.36. The molecule has 0 bridgehead atoms. The fourth-order valence-electron chi connectivity index (χ4n) is 2.09. The van der Waals surface area contributed by atoms with Gasteiger partial charge < -0.3 is 10.3 Å². The first-order valence-electron chi connectivity index (χ1n) is 7.08. The lowest BCUT2D eigenvalue weighted by Gasteiger charge is -2.04. The molecule has 1 aromatic carbocycles. The van der Waals surface area contributed by atoms with E-state index < -0.39 is 0 Å². The number of hydrogen-bond acceptors (Lipinski definition) is 4. The second-order valence-corrected chi connectivity index (χ2v) is 6.15. The van der Waals surface area contributed by atoms with E-state index in [-0.39, 0.29) is 5.56 Å². The fraction of sp³-hybridized carbons (Fsp3) is 0.294. The number of aldehydes is 1. The van der Waals surface area contributed by atoms with Gasteiger partial charge in [0.25, 0.3) is 5.56 Å². The minimum Gasteiger partial charge on any atom is -0.326 e. The number of pyridine rings is 1. The minimum absolute atomic E-state index is 0.0156. The summed E-state index contributed by atoms with van der Waals surface area (Å²) in [6.45, 7) is 6.30. The molecule has 2 aromatic rings. The van der Waals surface area contributed by atoms with E-state index in [9.17, 15) is 9.59 Å². The van der Waals surface area contributed by atoms with E-state index in [1.165, 1.54) is 0 Å². The van der Waals surface area contributed by atoms with Crippen LogP contribution in [-0.4, -0.2) is 18.3 Å². The van der Waals surface area contributed by atoms with Crippen LogP contribution in [0.15, 0.2) is 27.9 Å². The fourth-order valence-corrected chi connectivity index (χ4v) is 2.66. The van der Waals surface area contributed by atoms with Gasteiger partial charge in [0.1, 0.15) is 6.29 Å². The van der Waals surface area contributed by atoms with Crippen molar-refractivity contribution in [2.75, 3.05) is 7.05 Å². The summed E-state index contributed by atoms with van der Waals surface area (Å²) < 4.78 is 0. The van der Waals surface area contributed by atoms with Gasteiger partial charge in [-0.1, -0.05) is 11.6 Å². The van der Waals surface area contributed by atoms with Crippen molar-refractivity contribution < 1.29 is 4.79 Å². The highest BCUT2D eigenvalue weighted by Gasteiger charge is 2.03. The molecule has 2 N–H and O–H groups in total. The van der Waals surface area contributed by atoms with Gasteiger partial charge in [-0.15, -0.1) is 12.6 Å². The number of hydrogen-bond donors (Lipinski definition) is 3. The second kappa shape index (κ2) is 8.91. The van der Waals surface area contributed by atoms with Gasteiger partial charge in [0, 0.05) is 33.3 Å². The van der Waals surface area contributed by atoms with Crippen LogP contribution in [0.25, 0.3) is 0 Å². The zero-order chi connectivity index (χ0) is 17.6. The standard InChI is InChI=1S/C9H14N2O.C8H7ClOS/c1-6-4-7(2)11-9(12)8(6)5-10-3;1-5-6(4-10)2-7(9)3-8(5)11/h4,10H,5H2,1-3H3,(H,11,12);2-4,11H,1H3. The number of halogens is 1. The van der Waals surface area contributed by atoms with Crippen LogP contribution in [-0.2, 0) is 6.54 Å². The molecule has 0 unspecified atom stereocenters. The molecule has 0 saturated carbocycles. The van der Waals surface area contributed by atoms with Crippen molar-refractivity contribution in [1.82, 2.24) is 10.3 Å². The van der Waals surface area contributed by atoms with Crippen molar-refractivity contribution in [2.45, 2.75) is 32.2 Å². The second-order valence-electron chi connectivity index (χ2n) is 5.23. The van der Waals surface area contributed by atoms with Crippen molar-refractivity contribution >= 4 is 30.5 Å². The molecule has 6 heteroatoms. The van der Waals surface area contributed by atoms with E-state index in [1.54, 1.807) is 12.1 Å². The van der Waals surface area contributed by atoms with E-state index in [0.717, 1.165) is 33.6 Å². The number of rotatable bonds is 3. The number of carbonyl (C=O) groups is 1. The Bertz CT molecular complexity index is 757. The molecule has 0 saturated heterocycles. The lowest BCUT2D eigenvalue weighted by atomic mass is 10.1. The Morgan fingerprint density at radius 3 is 2.43 bits per heavy atom. The average molecular weight is 353 g/mol. The number of aryl methyl sites for hydroxylation is 2. The third-order valence-corrected chi connectivity index (χ3v) is 4.04. The summed E-state index contributed by atoms with van der Waals surface area (Å²) in [6.07, 6.45) is 0.779. The average Bonchev–Trinajstić information content (AvgIpc) is 2.47. The lowest BCUT2D eigenvalue weighted by Crippen LogP contribution is -2.20. The Balaban J connectivity index is 0.000000231. The Morgan fingerprint density at radius 2 is 1.91 bits per heavy atom. The zero-order valence-corrected chi connectivity index (χ0v) is 15.3. The number of H-pyrrole nitrogens is 1. The van der Waals surface area contributed by atoms with Gasteiger partial charge >= 0.3 is 0 Å². The normalized spacial score (nSPS) is 10.0. The molecule has 2 rings (SSSR count). The van der Waals surface area contributed by atoms with Crippen molar-refractivity contribution in [2.24, 2.45) is 0 Å². The SMILES string of the molecule is CNCc1c(C)cc(C)[nH]c1=O.Cc1c(S)cc(Cl)cc1C=O. The van der Waals surface area contributed by atoms with Crippen LogP contribution < -0.4 is 10.9 Å². The van der Waals surface area contributed by atoms with E-state index in [2.05, 4.69) is 22.9 Å². The number of thiol groups is 1. The summed E-state index contributed by atoms with van der Waals surface area (Å²) in [5.74, 6) is 0. The number of aromatic nitrogens is 1. The molecule has 0 amide bonds. The lowest BCUT2D eigenvalue weighted by molar-refractivity contribution is 0.112. The quantitative estimate of drug-likeness (QED) is 0.585. The Labute approximate surface area is 146 Å². The maximum atomic E-state index is 11.4. The van der Waals surface area contributed by atoms with Gasteiger partial charge in [-0.05, 0) is 57.1 Å². The van der Waals surface area contributed by atoms with Crippen LogP contribution in [0.2, 0.25) is 5.02 Å². The summed E-state index contributed by atoms with van der Waals surface area (Å²) in [6, 6.07) is 5.32. The maximum absolute atomic E-state index is 11.4. The first-order valence-corrected chi connectivity index (χ1v) is 7.91. The molecule has 0 fully saturated rings. The van der Waals surface area contributed by atoms with E-state index in [4.69, 9.17) is 11.6 Å². The predicted molar refractivity (Wildman–Crippen MR) is 98.1 cm³/mol. The summed E-state index contributed by atoms with van der Waals surface area (Å²) >= 11 is 9.84. The third kappa shape index (κ3) is 5.53. The first-order chi connectivity index (χ1) is 10.8. The Morgan fingerprint density at radius 1 is 1.26 bits per heavy atom. The Hall–Kier alpha value is -1.56. The van der Waals surface area contributed by atoms with Crippen LogP contribution in [0.1, 0.15) is 32.7 Å². The molecular weight excluding hydrogens is 332 g/mol. The first kappa shape index (κ1) is 19.5. The maximum Gasteiger partial charge on any atom is 0.252 e. The minimum atomic E-state index is 0.0156. The predicted octanol–water partition coefficient (Wildman–Crippen LogP) is 3.46. The molecule has 0 atom stereocenters. The monoisotopic (exact) mass is 352 g/mol. The van der Waals surface area contributed by atoms with Crippen molar-refractivity contribution in [3.8, 4) is 0 Å². The highest BCUT2D eigenvalue weighted by Crippen LogP contribution is 2.21. The van der Waals surface area contributed by atoms with E-state index in [1.807, 2.05) is 33.9 Å². The van der Waals surface area contributed by atoms with Crippen LogP contribution in [0.3, 0.4) is 0 Å². The van der Waals surface area contributed by atoms with Gasteiger partial charge in [-0.3, -0.25) is 9.59 Å². The van der Waals surface area contributed by atoms with Gasteiger partial charge in [0.2, 0.25) is 0 Å². The molecule has 0 aliphatic rings. The number of carbonyl (C=O) groups excluding carboxylic acids is 1. The van der Waals surface area contributed by atoms with E-state index >= 15 is 0 Å². The molecule has 4 nitrogen and oxygen atoms in total. The number of benzene rings is 1. The van der Waals surface area contributed by atoms with Crippen LogP contribution in [0.5, 0.6) is 0 Å². The van der Waals surface area contributed by atoms with Crippen molar-refractivity contribution in [3.05, 3.63) is 61.5 Å². The summed E-state index contributed by atoms with van der Waals surface area (Å²) in [4.78, 5) is 25.3. The Kier molecular flexibility index (Phi) is 7.55. The summed E-state index contributed by atoms with van der Waals surface area (Å²) in [7, 11) is 1.83. The highest BCUT2D eigenvalue weighted by molar-refractivity contribution is 7.80.